The van der Waals surface area contributed by atoms with Gasteiger partial charge in [-0.15, -0.1) is 0 Å². The summed E-state index contributed by atoms with van der Waals surface area (Å²) in [7, 11) is 0. The number of nitrogens with one attached hydrogen (secondary N) is 1. The molecule has 0 fully saturated rings. The van der Waals surface area contributed by atoms with Gasteiger partial charge in [0, 0.05) is 5.56 Å². The molecule has 1 N–H and O–H groups in total. The van der Waals surface area contributed by atoms with Gasteiger partial charge in [0.2, 0.25) is 0 Å². The molecule has 0 saturated carbocycles. The number of fused-ring (bicyclic) bond motifs is 1. The maximum atomic E-state index is 12.8. The van der Waals surface area contributed by atoms with Gasteiger partial charge in [-0.2, -0.15) is 0 Å². The smallest absolute Gasteiger partial charge is 0.251 e. The Hall–Kier alpha value is -2.16. The maximum Gasteiger partial charge on any atom is 0.251 e. The molecule has 0 bridgehead atoms. The minimum Gasteiger partial charge on any atom is -0.345 e. The van der Waals surface area contributed by atoms with Crippen LogP contribution in [0.2, 0.25) is 0 Å². The molecule has 1 aliphatic carbocycles. The number of benzene rings is 2. The first kappa shape index (κ1) is 11.9. The van der Waals surface area contributed by atoms with E-state index in [0.29, 0.717) is 5.56 Å². The summed E-state index contributed by atoms with van der Waals surface area (Å²) in [5.74, 6) is -0.482. The third kappa shape index (κ3) is 2.36. The first-order chi connectivity index (χ1) is 9.24. The summed E-state index contributed by atoms with van der Waals surface area (Å²) >= 11 is 0. The topological polar surface area (TPSA) is 29.1 Å². The van der Waals surface area contributed by atoms with Crippen molar-refractivity contribution in [2.24, 2.45) is 0 Å². The van der Waals surface area contributed by atoms with E-state index in [0.717, 1.165) is 12.8 Å². The highest BCUT2D eigenvalue weighted by Crippen LogP contribution is 2.30. The molecule has 1 atom stereocenters. The Morgan fingerprint density at radius 2 is 1.84 bits per heavy atom. The third-order valence-corrected chi connectivity index (χ3v) is 3.54. The Morgan fingerprint density at radius 1 is 1.11 bits per heavy atom. The van der Waals surface area contributed by atoms with E-state index in [4.69, 9.17) is 0 Å². The molecule has 2 nitrogen and oxygen atoms in total. The maximum absolute atomic E-state index is 12.8. The molecule has 2 aromatic carbocycles. The van der Waals surface area contributed by atoms with Gasteiger partial charge in [-0.25, -0.2) is 4.39 Å². The SMILES string of the molecule is O=C(N[C@H]1CCc2ccccc21)c1ccc(F)cc1. The molecule has 3 heteroatoms. The molecular weight excluding hydrogens is 241 g/mol. The molecule has 96 valence electrons. The van der Waals surface area contributed by atoms with Gasteiger partial charge in [0.1, 0.15) is 5.82 Å². The summed E-state index contributed by atoms with van der Waals surface area (Å²) in [5.41, 5.74) is 2.98. The standard InChI is InChI=1S/C16H14FNO/c17-13-8-5-12(6-9-13)16(19)18-15-10-7-11-3-1-2-4-14(11)15/h1-6,8-9,15H,7,10H2,(H,18,19)/t15-/m0/s1. The number of hydrogen-bond acceptors (Lipinski definition) is 1. The van der Waals surface area contributed by atoms with Crippen LogP contribution in [0.15, 0.2) is 48.5 Å². The molecule has 2 aromatic rings. The van der Waals surface area contributed by atoms with E-state index >= 15 is 0 Å². The van der Waals surface area contributed by atoms with E-state index in [9.17, 15) is 9.18 Å². The van der Waals surface area contributed by atoms with Crippen LogP contribution in [0.25, 0.3) is 0 Å². The van der Waals surface area contributed by atoms with Gasteiger partial charge in [-0.3, -0.25) is 4.79 Å². The second-order valence-corrected chi connectivity index (χ2v) is 4.77. The summed E-state index contributed by atoms with van der Waals surface area (Å²) in [6.45, 7) is 0. The minimum atomic E-state index is -0.331. The molecule has 0 aliphatic heterocycles. The highest BCUT2D eigenvalue weighted by Gasteiger charge is 2.23. The van der Waals surface area contributed by atoms with Crippen LogP contribution in [0.4, 0.5) is 4.39 Å². The van der Waals surface area contributed by atoms with Gasteiger partial charge in [-0.05, 0) is 48.2 Å². The van der Waals surface area contributed by atoms with Crippen molar-refractivity contribution in [1.29, 1.82) is 0 Å². The largest absolute Gasteiger partial charge is 0.345 e. The Morgan fingerprint density at radius 3 is 2.63 bits per heavy atom. The quantitative estimate of drug-likeness (QED) is 0.877. The Bertz CT molecular complexity index is 606. The van der Waals surface area contributed by atoms with E-state index in [1.54, 1.807) is 0 Å². The monoisotopic (exact) mass is 255 g/mol. The highest BCUT2D eigenvalue weighted by atomic mass is 19.1. The lowest BCUT2D eigenvalue weighted by molar-refractivity contribution is 0.0936. The molecule has 3 rings (SSSR count). The second kappa shape index (κ2) is 4.84. The van der Waals surface area contributed by atoms with Crippen LogP contribution < -0.4 is 5.32 Å². The van der Waals surface area contributed by atoms with Crippen LogP contribution in [-0.2, 0) is 6.42 Å². The predicted molar refractivity (Wildman–Crippen MR) is 71.4 cm³/mol. The average Bonchev–Trinajstić information content (AvgIpc) is 2.83. The van der Waals surface area contributed by atoms with E-state index in [1.165, 1.54) is 35.4 Å². The van der Waals surface area contributed by atoms with Crippen molar-refractivity contribution in [3.8, 4) is 0 Å². The van der Waals surface area contributed by atoms with Crippen LogP contribution in [0.1, 0.15) is 33.9 Å². The lowest BCUT2D eigenvalue weighted by Gasteiger charge is -2.14. The van der Waals surface area contributed by atoms with Crippen molar-refractivity contribution in [2.45, 2.75) is 18.9 Å². The van der Waals surface area contributed by atoms with Gasteiger partial charge in [0.25, 0.3) is 5.91 Å². The Kier molecular flexibility index (Phi) is 3.03. The zero-order valence-corrected chi connectivity index (χ0v) is 10.4. The summed E-state index contributed by atoms with van der Waals surface area (Å²) < 4.78 is 12.8. The zero-order chi connectivity index (χ0) is 13.2. The number of carbonyl (C=O) groups excluding carboxylic acids is 1. The van der Waals surface area contributed by atoms with Crippen LogP contribution in [0, 0.1) is 5.82 Å². The molecule has 0 spiro atoms. The van der Waals surface area contributed by atoms with Crippen molar-refractivity contribution < 1.29 is 9.18 Å². The molecule has 19 heavy (non-hydrogen) atoms. The number of carbonyl (C=O) groups is 1. The third-order valence-electron chi connectivity index (χ3n) is 3.54. The van der Waals surface area contributed by atoms with Gasteiger partial charge < -0.3 is 5.32 Å². The molecule has 1 amide bonds. The minimum absolute atomic E-state index is 0.0637. The predicted octanol–water partition coefficient (Wildman–Crippen LogP) is 3.24. The normalized spacial score (nSPS) is 17.0. The van der Waals surface area contributed by atoms with Crippen molar-refractivity contribution in [1.82, 2.24) is 5.32 Å². The molecule has 0 saturated heterocycles. The van der Waals surface area contributed by atoms with Crippen molar-refractivity contribution in [2.75, 3.05) is 0 Å². The number of hydrogen-bond donors (Lipinski definition) is 1. The summed E-state index contributed by atoms with van der Waals surface area (Å²) in [4.78, 5) is 12.1. The number of aryl methyl sites for hydroxylation is 1. The first-order valence-corrected chi connectivity index (χ1v) is 6.38. The van der Waals surface area contributed by atoms with Crippen LogP contribution in [0.3, 0.4) is 0 Å². The summed E-state index contributed by atoms with van der Waals surface area (Å²) in [6.07, 6.45) is 1.91. The van der Waals surface area contributed by atoms with Gasteiger partial charge >= 0.3 is 0 Å². The van der Waals surface area contributed by atoms with E-state index in [1.807, 2.05) is 12.1 Å². The van der Waals surface area contributed by atoms with Crippen molar-refractivity contribution in [3.05, 3.63) is 71.0 Å². The highest BCUT2D eigenvalue weighted by molar-refractivity contribution is 5.94. The number of rotatable bonds is 2. The number of halogens is 1. The van der Waals surface area contributed by atoms with Crippen molar-refractivity contribution in [3.63, 3.8) is 0 Å². The molecule has 0 heterocycles. The fourth-order valence-corrected chi connectivity index (χ4v) is 2.55. The summed E-state index contributed by atoms with van der Waals surface area (Å²) in [5, 5.41) is 3.01. The van der Waals surface area contributed by atoms with Gasteiger partial charge in [-0.1, -0.05) is 24.3 Å². The average molecular weight is 255 g/mol. The van der Waals surface area contributed by atoms with Crippen molar-refractivity contribution >= 4 is 5.91 Å². The fourth-order valence-electron chi connectivity index (χ4n) is 2.55. The Balaban J connectivity index is 1.76. The van der Waals surface area contributed by atoms with Gasteiger partial charge in [0.15, 0.2) is 0 Å². The lowest BCUT2D eigenvalue weighted by atomic mass is 10.1. The van der Waals surface area contributed by atoms with Crippen LogP contribution in [-0.4, -0.2) is 5.91 Å². The van der Waals surface area contributed by atoms with Crippen LogP contribution >= 0.6 is 0 Å². The molecular formula is C16H14FNO. The molecule has 0 aromatic heterocycles. The van der Waals surface area contributed by atoms with Gasteiger partial charge in [0.05, 0.1) is 6.04 Å². The Labute approximate surface area is 111 Å². The zero-order valence-electron chi connectivity index (χ0n) is 10.4. The van der Waals surface area contributed by atoms with E-state index in [-0.39, 0.29) is 17.8 Å². The fraction of sp³-hybridized carbons (Fsp3) is 0.188. The van der Waals surface area contributed by atoms with E-state index < -0.39 is 0 Å². The first-order valence-electron chi connectivity index (χ1n) is 6.38. The second-order valence-electron chi connectivity index (χ2n) is 4.77. The lowest BCUT2D eigenvalue weighted by Crippen LogP contribution is -2.27. The molecule has 0 unspecified atom stereocenters. The van der Waals surface area contributed by atoms with E-state index in [2.05, 4.69) is 17.4 Å². The molecule has 1 aliphatic rings. The number of amides is 1. The summed E-state index contributed by atoms with van der Waals surface area (Å²) in [6, 6.07) is 13.8. The molecule has 0 radical (unpaired) electrons. The van der Waals surface area contributed by atoms with Crippen LogP contribution in [0.5, 0.6) is 0 Å².